The second kappa shape index (κ2) is 5.03. The van der Waals surface area contributed by atoms with Gasteiger partial charge in [-0.15, -0.1) is 0 Å². The Morgan fingerprint density at radius 2 is 2.14 bits per heavy atom. The third-order valence-corrected chi connectivity index (χ3v) is 3.98. The lowest BCUT2D eigenvalue weighted by Crippen LogP contribution is -2.53. The standard InChI is InChI=1S/C10H20N2OS/c1-8(14-2)9(13)12-10(7-11)5-3-4-6-10/h8H,3-7,11H2,1-2H3,(H,12,13). The summed E-state index contributed by atoms with van der Waals surface area (Å²) in [4.78, 5) is 11.7. The summed E-state index contributed by atoms with van der Waals surface area (Å²) in [5, 5.41) is 3.13. The van der Waals surface area contributed by atoms with Crippen molar-refractivity contribution < 1.29 is 4.79 Å². The smallest absolute Gasteiger partial charge is 0.233 e. The molecule has 1 aliphatic carbocycles. The van der Waals surface area contributed by atoms with Crippen LogP contribution in [-0.2, 0) is 4.79 Å². The minimum absolute atomic E-state index is 0.0269. The van der Waals surface area contributed by atoms with Crippen molar-refractivity contribution >= 4 is 17.7 Å². The highest BCUT2D eigenvalue weighted by Crippen LogP contribution is 2.28. The van der Waals surface area contributed by atoms with E-state index >= 15 is 0 Å². The Morgan fingerprint density at radius 1 is 1.57 bits per heavy atom. The molecule has 0 aromatic heterocycles. The maximum atomic E-state index is 11.7. The van der Waals surface area contributed by atoms with Crippen molar-refractivity contribution in [2.75, 3.05) is 12.8 Å². The van der Waals surface area contributed by atoms with Gasteiger partial charge in [0.25, 0.3) is 0 Å². The third-order valence-electron chi connectivity index (χ3n) is 3.06. The number of carbonyl (C=O) groups is 1. The number of carbonyl (C=O) groups excluding carboxylic acids is 1. The minimum Gasteiger partial charge on any atom is -0.348 e. The fraction of sp³-hybridized carbons (Fsp3) is 0.900. The van der Waals surface area contributed by atoms with Crippen LogP contribution in [0, 0.1) is 0 Å². The molecule has 0 aromatic carbocycles. The summed E-state index contributed by atoms with van der Waals surface area (Å²) in [5.74, 6) is 0.129. The van der Waals surface area contributed by atoms with Gasteiger partial charge >= 0.3 is 0 Å². The molecule has 0 aliphatic heterocycles. The Morgan fingerprint density at radius 3 is 2.57 bits per heavy atom. The van der Waals surface area contributed by atoms with E-state index in [1.807, 2.05) is 13.2 Å². The first-order valence-corrected chi connectivity index (χ1v) is 6.47. The monoisotopic (exact) mass is 216 g/mol. The second-order valence-electron chi connectivity index (χ2n) is 4.06. The van der Waals surface area contributed by atoms with Crippen LogP contribution in [0.4, 0.5) is 0 Å². The summed E-state index contributed by atoms with van der Waals surface area (Å²) in [6.45, 7) is 2.50. The highest BCUT2D eigenvalue weighted by molar-refractivity contribution is 7.99. The van der Waals surface area contributed by atoms with Crippen LogP contribution < -0.4 is 11.1 Å². The molecule has 1 atom stereocenters. The van der Waals surface area contributed by atoms with Gasteiger partial charge in [0.1, 0.15) is 0 Å². The first-order chi connectivity index (χ1) is 6.63. The first kappa shape index (κ1) is 11.9. The van der Waals surface area contributed by atoms with Crippen LogP contribution in [0.3, 0.4) is 0 Å². The van der Waals surface area contributed by atoms with Crippen LogP contribution in [-0.4, -0.2) is 29.5 Å². The van der Waals surface area contributed by atoms with Gasteiger partial charge in [0.2, 0.25) is 5.91 Å². The van der Waals surface area contributed by atoms with Gasteiger partial charge in [0.05, 0.1) is 10.8 Å². The second-order valence-corrected chi connectivity index (χ2v) is 5.24. The molecule has 3 N–H and O–H groups in total. The molecule has 82 valence electrons. The van der Waals surface area contributed by atoms with Crippen molar-refractivity contribution in [3.05, 3.63) is 0 Å². The van der Waals surface area contributed by atoms with E-state index < -0.39 is 0 Å². The molecule has 3 nitrogen and oxygen atoms in total. The summed E-state index contributed by atoms with van der Waals surface area (Å²) in [5.41, 5.74) is 5.64. The fourth-order valence-corrected chi connectivity index (χ4v) is 2.17. The van der Waals surface area contributed by atoms with Gasteiger partial charge in [-0.25, -0.2) is 0 Å². The van der Waals surface area contributed by atoms with Gasteiger partial charge < -0.3 is 11.1 Å². The molecular weight excluding hydrogens is 196 g/mol. The van der Waals surface area contributed by atoms with Gasteiger partial charge in [0.15, 0.2) is 0 Å². The molecule has 14 heavy (non-hydrogen) atoms. The van der Waals surface area contributed by atoms with Crippen LogP contribution in [0.5, 0.6) is 0 Å². The predicted molar refractivity (Wildman–Crippen MR) is 61.4 cm³/mol. The van der Waals surface area contributed by atoms with Crippen molar-refractivity contribution in [1.29, 1.82) is 0 Å². The molecule has 0 heterocycles. The summed E-state index contributed by atoms with van der Waals surface area (Å²) < 4.78 is 0. The predicted octanol–water partition coefficient (Wildman–Crippen LogP) is 1.13. The Kier molecular flexibility index (Phi) is 4.26. The number of rotatable bonds is 4. The summed E-state index contributed by atoms with van der Waals surface area (Å²) in [6.07, 6.45) is 6.40. The van der Waals surface area contributed by atoms with E-state index in [2.05, 4.69) is 5.32 Å². The van der Waals surface area contributed by atoms with Crippen LogP contribution in [0.2, 0.25) is 0 Å². The average Bonchev–Trinajstić information content (AvgIpc) is 2.65. The van der Waals surface area contributed by atoms with Crippen LogP contribution >= 0.6 is 11.8 Å². The van der Waals surface area contributed by atoms with E-state index in [9.17, 15) is 4.79 Å². The van der Waals surface area contributed by atoms with Crippen LogP contribution in [0.25, 0.3) is 0 Å². The molecular formula is C10H20N2OS. The molecule has 1 saturated carbocycles. The summed E-state index contributed by atoms with van der Waals surface area (Å²) in [6, 6.07) is 0. The van der Waals surface area contributed by atoms with Crippen molar-refractivity contribution in [2.24, 2.45) is 5.73 Å². The molecule has 0 aromatic rings. The molecule has 1 rings (SSSR count). The highest BCUT2D eigenvalue weighted by atomic mass is 32.2. The highest BCUT2D eigenvalue weighted by Gasteiger charge is 2.34. The van der Waals surface area contributed by atoms with E-state index in [1.165, 1.54) is 12.8 Å². The molecule has 0 spiro atoms. The van der Waals surface area contributed by atoms with Gasteiger partial charge in [-0.1, -0.05) is 12.8 Å². The van der Waals surface area contributed by atoms with Crippen molar-refractivity contribution in [3.63, 3.8) is 0 Å². The Hall–Kier alpha value is -0.220. The van der Waals surface area contributed by atoms with E-state index in [0.29, 0.717) is 6.54 Å². The SMILES string of the molecule is CSC(C)C(=O)NC1(CN)CCCC1. The number of nitrogens with one attached hydrogen (secondary N) is 1. The number of amides is 1. The van der Waals surface area contributed by atoms with Crippen LogP contribution in [0.1, 0.15) is 32.6 Å². The van der Waals surface area contributed by atoms with Crippen LogP contribution in [0.15, 0.2) is 0 Å². The molecule has 0 saturated heterocycles. The number of thioether (sulfide) groups is 1. The minimum atomic E-state index is -0.0962. The van der Waals surface area contributed by atoms with Gasteiger partial charge in [-0.3, -0.25) is 4.79 Å². The fourth-order valence-electron chi connectivity index (χ4n) is 1.90. The Labute approximate surface area is 90.2 Å². The lowest BCUT2D eigenvalue weighted by atomic mass is 9.98. The Balaban J connectivity index is 2.52. The normalized spacial score (nSPS) is 21.9. The largest absolute Gasteiger partial charge is 0.348 e. The first-order valence-electron chi connectivity index (χ1n) is 5.18. The van der Waals surface area contributed by atoms with Crippen molar-refractivity contribution in [2.45, 2.75) is 43.4 Å². The zero-order chi connectivity index (χ0) is 10.6. The molecule has 0 bridgehead atoms. The molecule has 1 amide bonds. The molecule has 1 fully saturated rings. The molecule has 4 heteroatoms. The lowest BCUT2D eigenvalue weighted by Gasteiger charge is -2.29. The van der Waals surface area contributed by atoms with E-state index in [4.69, 9.17) is 5.73 Å². The van der Waals surface area contributed by atoms with Gasteiger partial charge in [0, 0.05) is 6.54 Å². The quantitative estimate of drug-likeness (QED) is 0.740. The molecule has 1 unspecified atom stereocenters. The van der Waals surface area contributed by atoms with E-state index in [1.54, 1.807) is 11.8 Å². The van der Waals surface area contributed by atoms with Crippen molar-refractivity contribution in [3.8, 4) is 0 Å². The van der Waals surface area contributed by atoms with E-state index in [-0.39, 0.29) is 16.7 Å². The third kappa shape index (κ3) is 2.64. The molecule has 0 radical (unpaired) electrons. The number of nitrogens with two attached hydrogens (primary N) is 1. The zero-order valence-corrected chi connectivity index (χ0v) is 9.82. The Bertz CT molecular complexity index is 202. The topological polar surface area (TPSA) is 55.1 Å². The summed E-state index contributed by atoms with van der Waals surface area (Å²) in [7, 11) is 0. The van der Waals surface area contributed by atoms with Crippen molar-refractivity contribution in [1.82, 2.24) is 5.32 Å². The maximum absolute atomic E-state index is 11.7. The lowest BCUT2D eigenvalue weighted by molar-refractivity contribution is -0.122. The number of hydrogen-bond donors (Lipinski definition) is 2. The number of hydrogen-bond acceptors (Lipinski definition) is 3. The maximum Gasteiger partial charge on any atom is 0.233 e. The zero-order valence-electron chi connectivity index (χ0n) is 9.01. The summed E-state index contributed by atoms with van der Waals surface area (Å²) >= 11 is 1.57. The molecule has 1 aliphatic rings. The van der Waals surface area contributed by atoms with E-state index in [0.717, 1.165) is 12.8 Å². The average molecular weight is 216 g/mol. The van der Waals surface area contributed by atoms with Gasteiger partial charge in [-0.05, 0) is 26.0 Å². The van der Waals surface area contributed by atoms with Gasteiger partial charge in [-0.2, -0.15) is 11.8 Å².